The molecular formula is C58H42N4O. The predicted molar refractivity (Wildman–Crippen MR) is 258 cm³/mol. The number of hydrogen-bond acceptors (Lipinski definition) is 2. The van der Waals surface area contributed by atoms with Crippen LogP contribution in [0.5, 0.6) is 0 Å². The lowest BCUT2D eigenvalue weighted by atomic mass is 9.88. The lowest BCUT2D eigenvalue weighted by Gasteiger charge is -2.20. The minimum absolute atomic E-state index is 0.0842. The van der Waals surface area contributed by atoms with Crippen LogP contribution in [0.15, 0.2) is 204 Å². The fourth-order valence-corrected chi connectivity index (χ4v) is 8.96. The summed E-state index contributed by atoms with van der Waals surface area (Å²) < 4.78 is 99.8. The second-order valence-electron chi connectivity index (χ2n) is 16.7. The maximum Gasteiger partial charge on any atom is 0.269 e. The van der Waals surface area contributed by atoms with Crippen LogP contribution < -0.4 is 4.57 Å². The fraction of sp³-hybridized carbons (Fsp3) is 0.0690. The third-order valence-corrected chi connectivity index (χ3v) is 11.9. The van der Waals surface area contributed by atoms with Gasteiger partial charge in [0.2, 0.25) is 0 Å². The molecule has 4 aromatic heterocycles. The molecule has 5 nitrogen and oxygen atoms in total. The van der Waals surface area contributed by atoms with Crippen molar-refractivity contribution in [3.8, 4) is 50.6 Å². The topological polar surface area (TPSA) is 39.8 Å². The van der Waals surface area contributed by atoms with Crippen LogP contribution in [0.2, 0.25) is 0 Å². The summed E-state index contributed by atoms with van der Waals surface area (Å²) in [6.07, 6.45) is 5.39. The van der Waals surface area contributed by atoms with E-state index in [0.29, 0.717) is 27.9 Å². The summed E-state index contributed by atoms with van der Waals surface area (Å²) in [5.41, 5.74) is 8.63. The number of rotatable bonds is 6. The van der Waals surface area contributed by atoms with Crippen LogP contribution in [0, 0.1) is 6.33 Å². The van der Waals surface area contributed by atoms with Gasteiger partial charge in [0.15, 0.2) is 0 Å². The summed E-state index contributed by atoms with van der Waals surface area (Å²) in [5, 5.41) is 3.95. The number of hydrogen-bond donors (Lipinski definition) is 0. The van der Waals surface area contributed by atoms with Crippen LogP contribution in [0.25, 0.3) is 105 Å². The van der Waals surface area contributed by atoms with Crippen molar-refractivity contribution in [1.82, 2.24) is 14.1 Å². The first-order chi connectivity index (χ1) is 35.0. The number of furan rings is 1. The van der Waals surface area contributed by atoms with Gasteiger partial charge in [-0.3, -0.25) is 13.7 Å². The standard InChI is InChI=1S/C58H42N4O/c1-58(2,3)41-32-33-59-55(35-41)62-49-24-11-10-20-46(49)47-30-28-40(34-52(47)62)43-21-15-27-54-56(43)48-36-42(29-31-53(48)63-54)60-37-61(51-26-13-12-25-50(51)60)57-44(38-16-6-4-7-17-38)22-14-23-45(57)39-18-8-5-9-19-39/h4-36H,1-3H3/i4D,5D,6D,7D,8D,9D,16D,17D,18D,19D. The summed E-state index contributed by atoms with van der Waals surface area (Å²) >= 11 is 0. The number of nitrogens with zero attached hydrogens (tertiary/aromatic N) is 4. The zero-order valence-corrected chi connectivity index (χ0v) is 34.5. The normalized spacial score (nSPS) is 14.3. The highest BCUT2D eigenvalue weighted by Gasteiger charge is 2.22. The van der Waals surface area contributed by atoms with Gasteiger partial charge in [-0.2, -0.15) is 0 Å². The van der Waals surface area contributed by atoms with Crippen molar-refractivity contribution in [1.29, 1.82) is 0 Å². The molecule has 0 aliphatic rings. The molecule has 0 saturated heterocycles. The second kappa shape index (κ2) is 14.3. The fourth-order valence-electron chi connectivity index (χ4n) is 8.96. The van der Waals surface area contributed by atoms with Gasteiger partial charge in [-0.1, -0.05) is 166 Å². The molecule has 0 N–H and O–H groups in total. The number of para-hydroxylation sites is 4. The van der Waals surface area contributed by atoms with Gasteiger partial charge in [0.1, 0.15) is 17.0 Å². The smallest absolute Gasteiger partial charge is 0.269 e. The van der Waals surface area contributed by atoms with Gasteiger partial charge in [-0.05, 0) is 92.9 Å². The molecule has 5 heteroatoms. The van der Waals surface area contributed by atoms with Crippen molar-refractivity contribution in [2.75, 3.05) is 0 Å². The van der Waals surface area contributed by atoms with Gasteiger partial charge in [0.05, 0.1) is 47.1 Å². The Morgan fingerprint density at radius 2 is 1.25 bits per heavy atom. The molecule has 0 fully saturated rings. The van der Waals surface area contributed by atoms with Crippen LogP contribution in [0.3, 0.4) is 0 Å². The van der Waals surface area contributed by atoms with E-state index in [2.05, 4.69) is 86.3 Å². The largest absolute Gasteiger partial charge is 0.456 e. The van der Waals surface area contributed by atoms with E-state index in [1.54, 1.807) is 22.8 Å². The lowest BCUT2D eigenvalue weighted by molar-refractivity contribution is -0.571. The van der Waals surface area contributed by atoms with E-state index in [-0.39, 0.29) is 33.4 Å². The van der Waals surface area contributed by atoms with Crippen molar-refractivity contribution in [2.45, 2.75) is 26.2 Å². The molecule has 0 spiro atoms. The van der Waals surface area contributed by atoms with Crippen molar-refractivity contribution in [3.63, 3.8) is 0 Å². The quantitative estimate of drug-likeness (QED) is 0.124. The van der Waals surface area contributed by atoms with Gasteiger partial charge in [-0.25, -0.2) is 4.98 Å². The molecule has 8 aromatic carbocycles. The Morgan fingerprint density at radius 3 is 2.02 bits per heavy atom. The third kappa shape index (κ3) is 5.99. The number of pyridine rings is 1. The first-order valence-electron chi connectivity index (χ1n) is 25.7. The van der Waals surface area contributed by atoms with Crippen molar-refractivity contribution < 1.29 is 22.7 Å². The van der Waals surface area contributed by atoms with Crippen LogP contribution >= 0.6 is 0 Å². The minimum atomic E-state index is -0.564. The van der Waals surface area contributed by atoms with Crippen LogP contribution in [0.1, 0.15) is 40.0 Å². The average molecular weight is 821 g/mol. The summed E-state index contributed by atoms with van der Waals surface area (Å²) in [4.78, 5) is 4.90. The van der Waals surface area contributed by atoms with Crippen LogP contribution in [-0.4, -0.2) is 14.1 Å². The number of aromatic nitrogens is 4. The van der Waals surface area contributed by atoms with E-state index in [1.807, 2.05) is 71.4 Å². The Kier molecular flexibility index (Phi) is 6.29. The van der Waals surface area contributed by atoms with E-state index in [9.17, 15) is 0 Å². The Bertz CT molecular complexity index is 4190. The number of fused-ring (bicyclic) bond motifs is 7. The van der Waals surface area contributed by atoms with Gasteiger partial charge in [0.25, 0.3) is 6.33 Å². The van der Waals surface area contributed by atoms with E-state index in [1.165, 1.54) is 5.56 Å². The average Bonchev–Trinajstić information content (AvgIpc) is 4.08. The van der Waals surface area contributed by atoms with E-state index in [4.69, 9.17) is 23.1 Å². The summed E-state index contributed by atoms with van der Waals surface area (Å²) in [6, 6.07) is 38.2. The Morgan fingerprint density at radius 1 is 0.571 bits per heavy atom. The SMILES string of the molecule is [2H]c1c([2H])c([2H])c(-c2cccc(-c3c([2H])c([2H])c([2H])c([2H])c3[2H])c2-[n+]2[c-]n(-c3ccc4oc5cccc(-c6ccc7c8ccccc8n(-c8cc(C(C)(C)C)ccn8)c7c6)c5c4c3)c3ccccc32)c([2H])c1[2H]. The van der Waals surface area contributed by atoms with E-state index in [0.717, 1.165) is 49.5 Å². The van der Waals surface area contributed by atoms with Gasteiger partial charge >= 0.3 is 0 Å². The van der Waals surface area contributed by atoms with Crippen molar-refractivity contribution in [2.24, 2.45) is 0 Å². The second-order valence-corrected chi connectivity index (χ2v) is 16.7. The number of imidazole rings is 1. The van der Waals surface area contributed by atoms with Crippen molar-refractivity contribution >= 4 is 54.8 Å². The highest BCUT2D eigenvalue weighted by Crippen LogP contribution is 2.41. The first kappa shape index (κ1) is 27.8. The van der Waals surface area contributed by atoms with Gasteiger partial charge in [0, 0.05) is 27.7 Å². The first-order valence-corrected chi connectivity index (χ1v) is 20.7. The Hall–Kier alpha value is -8.02. The van der Waals surface area contributed by atoms with Crippen LogP contribution in [-0.2, 0) is 5.41 Å². The molecule has 300 valence electrons. The monoisotopic (exact) mass is 820 g/mol. The third-order valence-electron chi connectivity index (χ3n) is 11.9. The van der Waals surface area contributed by atoms with Gasteiger partial charge < -0.3 is 4.42 Å². The summed E-state index contributed by atoms with van der Waals surface area (Å²) in [7, 11) is 0. The highest BCUT2D eigenvalue weighted by atomic mass is 16.3. The Labute approximate surface area is 379 Å². The summed E-state index contributed by atoms with van der Waals surface area (Å²) in [6.45, 7) is 6.59. The molecule has 0 atom stereocenters. The van der Waals surface area contributed by atoms with Gasteiger partial charge in [-0.15, -0.1) is 0 Å². The molecule has 63 heavy (non-hydrogen) atoms. The van der Waals surface area contributed by atoms with E-state index >= 15 is 0 Å². The maximum absolute atomic E-state index is 9.07. The molecule has 0 amide bonds. The summed E-state index contributed by atoms with van der Waals surface area (Å²) in [5.74, 6) is 0.830. The predicted octanol–water partition coefficient (Wildman–Crippen LogP) is 14.4. The molecule has 0 aliphatic carbocycles. The molecular weight excluding hydrogens is 769 g/mol. The molecule has 4 heterocycles. The highest BCUT2D eigenvalue weighted by molar-refractivity contribution is 6.15. The van der Waals surface area contributed by atoms with E-state index < -0.39 is 60.4 Å². The lowest BCUT2D eigenvalue weighted by Crippen LogP contribution is -2.31. The molecule has 12 rings (SSSR count). The molecule has 12 aromatic rings. The molecule has 0 unspecified atom stereocenters. The zero-order chi connectivity index (χ0) is 50.9. The molecule has 0 aliphatic heterocycles. The van der Waals surface area contributed by atoms with Crippen molar-refractivity contribution in [3.05, 3.63) is 212 Å². The minimum Gasteiger partial charge on any atom is -0.456 e. The Balaban J connectivity index is 1.09. The maximum atomic E-state index is 9.07. The van der Waals surface area contributed by atoms with Crippen LogP contribution in [0.4, 0.5) is 0 Å². The molecule has 0 bridgehead atoms. The number of benzene rings is 8. The zero-order valence-electron chi connectivity index (χ0n) is 44.5. The molecule has 0 saturated carbocycles. The molecule has 0 radical (unpaired) electrons.